The molecular formula is C18H19BrFNO5S. The average Bonchev–Trinajstić information content (AvgIpc) is 2.88. The third kappa shape index (κ3) is 3.69. The molecule has 0 amide bonds. The molecule has 2 aromatic rings. The van der Waals surface area contributed by atoms with E-state index in [1.807, 2.05) is 0 Å². The van der Waals surface area contributed by atoms with Gasteiger partial charge in [-0.2, -0.15) is 12.7 Å². The van der Waals surface area contributed by atoms with E-state index in [1.165, 1.54) is 20.3 Å². The van der Waals surface area contributed by atoms with E-state index in [4.69, 9.17) is 13.7 Å². The van der Waals surface area contributed by atoms with Gasteiger partial charge in [0.05, 0.1) is 26.4 Å². The van der Waals surface area contributed by atoms with E-state index in [0.29, 0.717) is 21.5 Å². The van der Waals surface area contributed by atoms with Gasteiger partial charge in [0.25, 0.3) is 0 Å². The van der Waals surface area contributed by atoms with Crippen LogP contribution in [0.15, 0.2) is 40.9 Å². The Hall–Kier alpha value is -1.68. The SMILES string of the molecule is COc1ccc(CN2C(C)(c3cc(Br)ccc3F)COS2(=O)=O)c(OC)c1. The Balaban J connectivity index is 2.07. The lowest BCUT2D eigenvalue weighted by Gasteiger charge is -2.32. The first-order chi connectivity index (χ1) is 12.7. The average molecular weight is 460 g/mol. The zero-order valence-electron chi connectivity index (χ0n) is 15.0. The lowest BCUT2D eigenvalue weighted by atomic mass is 9.92. The summed E-state index contributed by atoms with van der Waals surface area (Å²) in [6.07, 6.45) is 0. The van der Waals surface area contributed by atoms with Crippen molar-refractivity contribution < 1.29 is 26.5 Å². The van der Waals surface area contributed by atoms with Gasteiger partial charge < -0.3 is 9.47 Å². The summed E-state index contributed by atoms with van der Waals surface area (Å²) in [5.41, 5.74) is -0.378. The molecule has 1 heterocycles. The first kappa shape index (κ1) is 20.1. The molecule has 6 nitrogen and oxygen atoms in total. The normalized spacial score (nSPS) is 22.0. The molecule has 1 unspecified atom stereocenters. The van der Waals surface area contributed by atoms with E-state index in [9.17, 15) is 12.8 Å². The van der Waals surface area contributed by atoms with Crippen molar-refractivity contribution in [2.75, 3.05) is 20.8 Å². The standard InChI is InChI=1S/C18H19BrFNO5S/c1-18(15-8-13(19)5-7-16(15)20)11-26-27(22,23)21(18)10-12-4-6-14(24-2)9-17(12)25-3/h4-9H,10-11H2,1-3H3. The predicted octanol–water partition coefficient (Wildman–Crippen LogP) is 3.60. The van der Waals surface area contributed by atoms with Gasteiger partial charge in [0.2, 0.25) is 0 Å². The fraction of sp³-hybridized carbons (Fsp3) is 0.333. The number of ether oxygens (including phenoxy) is 2. The van der Waals surface area contributed by atoms with Crippen LogP contribution in [0.2, 0.25) is 0 Å². The van der Waals surface area contributed by atoms with Gasteiger partial charge in [-0.3, -0.25) is 4.18 Å². The van der Waals surface area contributed by atoms with Gasteiger partial charge >= 0.3 is 10.3 Å². The molecule has 3 rings (SSSR count). The second kappa shape index (κ2) is 7.38. The fourth-order valence-corrected chi connectivity index (χ4v) is 4.89. The minimum absolute atomic E-state index is 0.0437. The van der Waals surface area contributed by atoms with Crippen molar-refractivity contribution in [2.24, 2.45) is 0 Å². The van der Waals surface area contributed by atoms with Crippen molar-refractivity contribution in [1.82, 2.24) is 4.31 Å². The topological polar surface area (TPSA) is 65.1 Å². The van der Waals surface area contributed by atoms with Gasteiger partial charge in [0.15, 0.2) is 0 Å². The molecule has 0 saturated carbocycles. The summed E-state index contributed by atoms with van der Waals surface area (Å²) >= 11 is 3.31. The number of halogens is 2. The Kier molecular flexibility index (Phi) is 5.49. The molecule has 0 aromatic heterocycles. The minimum Gasteiger partial charge on any atom is -0.497 e. The molecule has 1 fully saturated rings. The summed E-state index contributed by atoms with van der Waals surface area (Å²) in [7, 11) is -1.03. The molecule has 0 spiro atoms. The monoisotopic (exact) mass is 459 g/mol. The van der Waals surface area contributed by atoms with Crippen LogP contribution in [0.4, 0.5) is 4.39 Å². The van der Waals surface area contributed by atoms with Crippen molar-refractivity contribution in [2.45, 2.75) is 19.0 Å². The molecule has 0 N–H and O–H groups in total. The molecule has 0 bridgehead atoms. The third-order valence-corrected chi connectivity index (χ3v) is 6.61. The second-order valence-electron chi connectivity index (χ2n) is 6.30. The summed E-state index contributed by atoms with van der Waals surface area (Å²) in [5, 5.41) is 0. The maximum absolute atomic E-state index is 14.5. The Labute approximate surface area is 166 Å². The molecular weight excluding hydrogens is 441 g/mol. The van der Waals surface area contributed by atoms with Gasteiger partial charge in [-0.25, -0.2) is 4.39 Å². The first-order valence-electron chi connectivity index (χ1n) is 8.05. The van der Waals surface area contributed by atoms with Gasteiger partial charge in [-0.1, -0.05) is 22.0 Å². The molecule has 1 aliphatic rings. The van der Waals surface area contributed by atoms with Crippen molar-refractivity contribution >= 4 is 26.2 Å². The molecule has 0 radical (unpaired) electrons. The van der Waals surface area contributed by atoms with Crippen LogP contribution in [-0.2, 0) is 26.6 Å². The summed E-state index contributed by atoms with van der Waals surface area (Å²) in [5.74, 6) is 0.540. The molecule has 1 atom stereocenters. The lowest BCUT2D eigenvalue weighted by Crippen LogP contribution is -2.42. The number of hydrogen-bond donors (Lipinski definition) is 0. The highest BCUT2D eigenvalue weighted by atomic mass is 79.9. The van der Waals surface area contributed by atoms with Crippen LogP contribution in [0.1, 0.15) is 18.1 Å². The Morgan fingerprint density at radius 1 is 1.22 bits per heavy atom. The number of hydrogen-bond acceptors (Lipinski definition) is 5. The van der Waals surface area contributed by atoms with Crippen LogP contribution in [0.5, 0.6) is 11.5 Å². The summed E-state index contributed by atoms with van der Waals surface area (Å²) in [6, 6.07) is 9.50. The summed E-state index contributed by atoms with van der Waals surface area (Å²) in [4.78, 5) is 0. The number of rotatable bonds is 5. The highest BCUT2D eigenvalue weighted by molar-refractivity contribution is 9.10. The predicted molar refractivity (Wildman–Crippen MR) is 101 cm³/mol. The first-order valence-corrected chi connectivity index (χ1v) is 10.2. The third-order valence-electron chi connectivity index (χ3n) is 4.63. The quantitative estimate of drug-likeness (QED) is 0.683. The van der Waals surface area contributed by atoms with Crippen LogP contribution < -0.4 is 9.47 Å². The van der Waals surface area contributed by atoms with Crippen LogP contribution in [0, 0.1) is 5.82 Å². The van der Waals surface area contributed by atoms with E-state index in [1.54, 1.807) is 37.3 Å². The van der Waals surface area contributed by atoms with Gasteiger partial charge in [-0.15, -0.1) is 0 Å². The van der Waals surface area contributed by atoms with Gasteiger partial charge in [0.1, 0.15) is 17.3 Å². The highest BCUT2D eigenvalue weighted by Crippen LogP contribution is 2.42. The zero-order chi connectivity index (χ0) is 19.8. The van der Waals surface area contributed by atoms with Crippen LogP contribution in [-0.4, -0.2) is 33.5 Å². The zero-order valence-corrected chi connectivity index (χ0v) is 17.4. The summed E-state index contributed by atoms with van der Waals surface area (Å²) < 4.78 is 57.1. The van der Waals surface area contributed by atoms with Crippen LogP contribution in [0.3, 0.4) is 0 Å². The van der Waals surface area contributed by atoms with E-state index < -0.39 is 21.7 Å². The fourth-order valence-electron chi connectivity index (χ4n) is 3.08. The smallest absolute Gasteiger partial charge is 0.339 e. The van der Waals surface area contributed by atoms with E-state index in [2.05, 4.69) is 15.9 Å². The van der Waals surface area contributed by atoms with Crippen molar-refractivity contribution in [3.05, 3.63) is 57.8 Å². The van der Waals surface area contributed by atoms with Crippen molar-refractivity contribution in [3.63, 3.8) is 0 Å². The van der Waals surface area contributed by atoms with E-state index >= 15 is 0 Å². The van der Waals surface area contributed by atoms with Crippen LogP contribution >= 0.6 is 15.9 Å². The van der Waals surface area contributed by atoms with E-state index in [-0.39, 0.29) is 18.7 Å². The van der Waals surface area contributed by atoms with Gasteiger partial charge in [-0.05, 0) is 31.2 Å². The van der Waals surface area contributed by atoms with Crippen LogP contribution in [0.25, 0.3) is 0 Å². The summed E-state index contributed by atoms with van der Waals surface area (Å²) in [6.45, 7) is 1.40. The minimum atomic E-state index is -4.05. The Morgan fingerprint density at radius 3 is 2.63 bits per heavy atom. The van der Waals surface area contributed by atoms with E-state index in [0.717, 1.165) is 4.31 Å². The second-order valence-corrected chi connectivity index (χ2v) is 8.75. The number of benzene rings is 2. The molecule has 1 saturated heterocycles. The Bertz CT molecular complexity index is 968. The molecule has 146 valence electrons. The largest absolute Gasteiger partial charge is 0.497 e. The molecule has 1 aliphatic heterocycles. The molecule has 0 aliphatic carbocycles. The molecule has 27 heavy (non-hydrogen) atoms. The Morgan fingerprint density at radius 2 is 1.96 bits per heavy atom. The lowest BCUT2D eigenvalue weighted by molar-refractivity contribution is 0.192. The maximum Gasteiger partial charge on any atom is 0.339 e. The number of methoxy groups -OCH3 is 2. The van der Waals surface area contributed by atoms with Crippen molar-refractivity contribution in [1.29, 1.82) is 0 Å². The van der Waals surface area contributed by atoms with Gasteiger partial charge in [0, 0.05) is 28.2 Å². The molecule has 2 aromatic carbocycles. The molecule has 9 heteroatoms. The number of nitrogens with zero attached hydrogens (tertiary/aromatic N) is 1. The maximum atomic E-state index is 14.5. The van der Waals surface area contributed by atoms with Crippen molar-refractivity contribution in [3.8, 4) is 11.5 Å². The highest BCUT2D eigenvalue weighted by Gasteiger charge is 2.50.